The summed E-state index contributed by atoms with van der Waals surface area (Å²) in [6.07, 6.45) is 1.83. The second kappa shape index (κ2) is 6.47. The highest BCUT2D eigenvalue weighted by atomic mass is 16.6. The number of likely N-dealkylation sites (tertiary alicyclic amines) is 1. The molecule has 0 aromatic heterocycles. The van der Waals surface area contributed by atoms with Gasteiger partial charge < -0.3 is 4.74 Å². The van der Waals surface area contributed by atoms with Crippen molar-refractivity contribution in [2.45, 2.75) is 19.4 Å². The lowest BCUT2D eigenvalue weighted by Gasteiger charge is -2.31. The zero-order chi connectivity index (χ0) is 14.5. The fourth-order valence-electron chi connectivity index (χ4n) is 2.54. The van der Waals surface area contributed by atoms with Gasteiger partial charge in [0, 0.05) is 25.2 Å². The zero-order valence-electron chi connectivity index (χ0n) is 11.4. The van der Waals surface area contributed by atoms with Crippen molar-refractivity contribution in [3.8, 4) is 0 Å². The van der Waals surface area contributed by atoms with E-state index in [1.807, 2.05) is 0 Å². The number of ether oxygens (including phenoxy) is 1. The minimum atomic E-state index is -0.405. The third-order valence-electron chi connectivity index (χ3n) is 3.59. The van der Waals surface area contributed by atoms with Crippen LogP contribution in [0.4, 0.5) is 5.69 Å². The van der Waals surface area contributed by atoms with Crippen molar-refractivity contribution in [3.63, 3.8) is 0 Å². The van der Waals surface area contributed by atoms with Gasteiger partial charge in [0.2, 0.25) is 0 Å². The van der Waals surface area contributed by atoms with Crippen LogP contribution >= 0.6 is 0 Å². The van der Waals surface area contributed by atoms with Gasteiger partial charge in [-0.25, -0.2) is 0 Å². The summed E-state index contributed by atoms with van der Waals surface area (Å²) in [5, 5.41) is 10.6. The molecule has 1 aliphatic heterocycles. The van der Waals surface area contributed by atoms with E-state index in [4.69, 9.17) is 4.74 Å². The molecule has 1 aromatic rings. The van der Waals surface area contributed by atoms with E-state index in [9.17, 15) is 14.9 Å². The Labute approximate surface area is 117 Å². The minimum absolute atomic E-state index is 0.0631. The number of non-ortho nitro benzene ring substituents is 1. The second-order valence-corrected chi connectivity index (χ2v) is 5.02. The summed E-state index contributed by atoms with van der Waals surface area (Å²) in [7, 11) is 1.41. The quantitative estimate of drug-likeness (QED) is 0.478. The van der Waals surface area contributed by atoms with Crippen molar-refractivity contribution in [3.05, 3.63) is 39.9 Å². The van der Waals surface area contributed by atoms with Gasteiger partial charge in [-0.2, -0.15) is 0 Å². The molecule has 0 aliphatic carbocycles. The summed E-state index contributed by atoms with van der Waals surface area (Å²) in [4.78, 5) is 23.9. The number of benzene rings is 1. The lowest BCUT2D eigenvalue weighted by atomic mass is 9.98. The van der Waals surface area contributed by atoms with Gasteiger partial charge in [-0.3, -0.25) is 19.8 Å². The van der Waals surface area contributed by atoms with E-state index in [0.717, 1.165) is 24.9 Å². The third-order valence-corrected chi connectivity index (χ3v) is 3.59. The summed E-state index contributed by atoms with van der Waals surface area (Å²) in [6.45, 7) is 2.32. The van der Waals surface area contributed by atoms with Crippen molar-refractivity contribution >= 4 is 11.7 Å². The molecule has 6 heteroatoms. The highest BCUT2D eigenvalue weighted by Crippen LogP contribution is 2.20. The lowest BCUT2D eigenvalue weighted by molar-refractivity contribution is -0.384. The molecule has 1 aromatic carbocycles. The van der Waals surface area contributed by atoms with E-state index in [1.54, 1.807) is 12.1 Å². The summed E-state index contributed by atoms with van der Waals surface area (Å²) in [5.41, 5.74) is 1.11. The number of carbonyl (C=O) groups excluding carboxylic acids is 1. The van der Waals surface area contributed by atoms with Crippen LogP contribution in [0.3, 0.4) is 0 Å². The van der Waals surface area contributed by atoms with Crippen LogP contribution in [-0.4, -0.2) is 36.0 Å². The molecule has 0 unspecified atom stereocenters. The van der Waals surface area contributed by atoms with Gasteiger partial charge in [0.25, 0.3) is 5.69 Å². The molecule has 0 saturated carbocycles. The van der Waals surface area contributed by atoms with Gasteiger partial charge >= 0.3 is 5.97 Å². The molecule has 0 spiro atoms. The number of hydrogen-bond acceptors (Lipinski definition) is 5. The Kier molecular flexibility index (Phi) is 4.68. The Balaban J connectivity index is 1.95. The fraction of sp³-hybridized carbons (Fsp3) is 0.500. The lowest BCUT2D eigenvalue weighted by Crippen LogP contribution is -2.38. The Morgan fingerprint density at radius 3 is 2.75 bits per heavy atom. The van der Waals surface area contributed by atoms with Crippen molar-refractivity contribution in [1.82, 2.24) is 4.90 Å². The second-order valence-electron chi connectivity index (χ2n) is 5.02. The average Bonchev–Trinajstić information content (AvgIpc) is 2.47. The molecular formula is C14H18N2O4. The number of carbonyl (C=O) groups is 1. The van der Waals surface area contributed by atoms with Gasteiger partial charge in [-0.1, -0.05) is 12.1 Å². The predicted octanol–water partition coefficient (Wildman–Crippen LogP) is 1.98. The standard InChI is InChI=1S/C14H18N2O4/c1-20-14(17)12-3-2-8-15(10-12)9-11-4-6-13(7-5-11)16(18)19/h4-7,12H,2-3,8-10H2,1H3/t12-/m0/s1. The van der Waals surface area contributed by atoms with E-state index < -0.39 is 4.92 Å². The summed E-state index contributed by atoms with van der Waals surface area (Å²) in [6, 6.07) is 6.55. The molecule has 1 saturated heterocycles. The van der Waals surface area contributed by atoms with E-state index in [0.29, 0.717) is 13.1 Å². The maximum absolute atomic E-state index is 11.6. The van der Waals surface area contributed by atoms with Crippen molar-refractivity contribution in [2.75, 3.05) is 20.2 Å². The van der Waals surface area contributed by atoms with E-state index >= 15 is 0 Å². The Hall–Kier alpha value is -1.95. The van der Waals surface area contributed by atoms with Crippen LogP contribution in [0, 0.1) is 16.0 Å². The predicted molar refractivity (Wildman–Crippen MR) is 73.1 cm³/mol. The molecule has 108 valence electrons. The van der Waals surface area contributed by atoms with Gasteiger partial charge in [-0.15, -0.1) is 0 Å². The number of nitro benzene ring substituents is 1. The van der Waals surface area contributed by atoms with Gasteiger partial charge in [0.1, 0.15) is 0 Å². The number of rotatable bonds is 4. The molecule has 0 bridgehead atoms. The Bertz CT molecular complexity index is 486. The maximum atomic E-state index is 11.6. The highest BCUT2D eigenvalue weighted by molar-refractivity contribution is 5.72. The Morgan fingerprint density at radius 2 is 2.15 bits per heavy atom. The van der Waals surface area contributed by atoms with Crippen LogP contribution in [-0.2, 0) is 16.1 Å². The monoisotopic (exact) mass is 278 g/mol. The number of hydrogen-bond donors (Lipinski definition) is 0. The highest BCUT2D eigenvalue weighted by Gasteiger charge is 2.26. The first-order valence-corrected chi connectivity index (χ1v) is 6.63. The number of esters is 1. The molecule has 20 heavy (non-hydrogen) atoms. The molecule has 0 radical (unpaired) electrons. The molecule has 0 N–H and O–H groups in total. The first-order chi connectivity index (χ1) is 9.60. The molecule has 1 heterocycles. The van der Waals surface area contributed by atoms with Crippen LogP contribution in [0.15, 0.2) is 24.3 Å². The van der Waals surface area contributed by atoms with Crippen molar-refractivity contribution in [1.29, 1.82) is 0 Å². The topological polar surface area (TPSA) is 72.7 Å². The van der Waals surface area contributed by atoms with Crippen LogP contribution in [0.5, 0.6) is 0 Å². The average molecular weight is 278 g/mol. The summed E-state index contributed by atoms with van der Waals surface area (Å²) in [5.74, 6) is -0.217. The molecule has 1 atom stereocenters. The number of nitrogens with zero attached hydrogens (tertiary/aromatic N) is 2. The van der Waals surface area contributed by atoms with Crippen LogP contribution in [0.2, 0.25) is 0 Å². The maximum Gasteiger partial charge on any atom is 0.309 e. The molecule has 2 rings (SSSR count). The molecular weight excluding hydrogens is 260 g/mol. The third kappa shape index (κ3) is 3.54. The minimum Gasteiger partial charge on any atom is -0.469 e. The number of methoxy groups -OCH3 is 1. The number of nitro groups is 1. The van der Waals surface area contributed by atoms with Crippen LogP contribution < -0.4 is 0 Å². The van der Waals surface area contributed by atoms with Gasteiger partial charge in [-0.05, 0) is 24.9 Å². The van der Waals surface area contributed by atoms with Gasteiger partial charge in [0.05, 0.1) is 18.0 Å². The van der Waals surface area contributed by atoms with Crippen LogP contribution in [0.25, 0.3) is 0 Å². The molecule has 6 nitrogen and oxygen atoms in total. The van der Waals surface area contributed by atoms with Crippen molar-refractivity contribution < 1.29 is 14.5 Å². The molecule has 0 amide bonds. The van der Waals surface area contributed by atoms with Crippen molar-refractivity contribution in [2.24, 2.45) is 5.92 Å². The van der Waals surface area contributed by atoms with E-state index in [1.165, 1.54) is 19.2 Å². The summed E-state index contributed by atoms with van der Waals surface area (Å²) >= 11 is 0. The van der Waals surface area contributed by atoms with Gasteiger partial charge in [0.15, 0.2) is 0 Å². The van der Waals surface area contributed by atoms with E-state index in [-0.39, 0.29) is 17.6 Å². The zero-order valence-corrected chi connectivity index (χ0v) is 11.4. The van der Waals surface area contributed by atoms with E-state index in [2.05, 4.69) is 4.90 Å². The SMILES string of the molecule is COC(=O)[C@H]1CCCN(Cc2ccc([N+](=O)[O-])cc2)C1. The first kappa shape index (κ1) is 14.5. The molecule has 1 fully saturated rings. The fourth-order valence-corrected chi connectivity index (χ4v) is 2.54. The smallest absolute Gasteiger partial charge is 0.309 e. The normalized spacial score (nSPS) is 19.6. The first-order valence-electron chi connectivity index (χ1n) is 6.63. The Morgan fingerprint density at radius 1 is 1.45 bits per heavy atom. The largest absolute Gasteiger partial charge is 0.469 e. The van der Waals surface area contributed by atoms with Crippen LogP contribution in [0.1, 0.15) is 18.4 Å². The summed E-state index contributed by atoms with van der Waals surface area (Å²) < 4.78 is 4.79. The molecule has 1 aliphatic rings. The number of piperidine rings is 1.